The number of nitrogens with two attached hydrogens (primary N) is 1. The van der Waals surface area contributed by atoms with E-state index in [-0.39, 0.29) is 11.9 Å². The molecule has 1 fully saturated rings. The largest absolute Gasteiger partial charge is 0.391 e. The number of nitrogens with zero attached hydrogens (tertiary/aromatic N) is 1. The molecule has 3 aromatic rings. The molecule has 6 heteroatoms. The van der Waals surface area contributed by atoms with Crippen LogP contribution in [0.4, 0.5) is 0 Å². The zero-order valence-electron chi connectivity index (χ0n) is 16.2. The van der Waals surface area contributed by atoms with E-state index in [0.717, 1.165) is 42.1 Å². The molecule has 0 saturated heterocycles. The van der Waals surface area contributed by atoms with E-state index < -0.39 is 12.0 Å². The third-order valence-corrected chi connectivity index (χ3v) is 5.67. The monoisotopic (exact) mass is 391 g/mol. The molecule has 0 spiro atoms. The van der Waals surface area contributed by atoms with E-state index in [0.29, 0.717) is 17.7 Å². The van der Waals surface area contributed by atoms with Gasteiger partial charge in [-0.1, -0.05) is 43.2 Å². The molecule has 1 aliphatic rings. The van der Waals surface area contributed by atoms with Crippen LogP contribution in [0.2, 0.25) is 0 Å². The molecule has 6 nitrogen and oxygen atoms in total. The molecule has 4 rings (SSSR count). The summed E-state index contributed by atoms with van der Waals surface area (Å²) in [6, 6.07) is 14.7. The smallest absolute Gasteiger partial charge is 0.253 e. The molecular weight excluding hydrogens is 366 g/mol. The predicted molar refractivity (Wildman–Crippen MR) is 112 cm³/mol. The third-order valence-electron chi connectivity index (χ3n) is 5.67. The number of hydrogen-bond acceptors (Lipinski definition) is 3. The summed E-state index contributed by atoms with van der Waals surface area (Å²) in [7, 11) is 0. The summed E-state index contributed by atoms with van der Waals surface area (Å²) in [5.74, 6) is -0.609. The normalized spacial score (nSPS) is 19.2. The highest BCUT2D eigenvalue weighted by molar-refractivity contribution is 6.07. The first-order valence-corrected chi connectivity index (χ1v) is 9.98. The molecular formula is C23H25N3O3. The van der Waals surface area contributed by atoms with Gasteiger partial charge in [-0.05, 0) is 36.6 Å². The number of carbonyl (C=O) groups excluding carboxylic acids is 2. The Morgan fingerprint density at radius 2 is 1.79 bits per heavy atom. The molecule has 1 aliphatic carbocycles. The molecule has 4 N–H and O–H groups in total. The van der Waals surface area contributed by atoms with Crippen LogP contribution in [0.15, 0.2) is 54.7 Å². The fourth-order valence-electron chi connectivity index (χ4n) is 4.06. The Morgan fingerprint density at radius 1 is 1.07 bits per heavy atom. The first kappa shape index (κ1) is 19.2. The number of nitrogens with one attached hydrogen (secondary N) is 1. The Balaban J connectivity index is 1.61. The minimum atomic E-state index is -0.482. The molecule has 2 atom stereocenters. The summed E-state index contributed by atoms with van der Waals surface area (Å²) in [6.07, 6.45) is 4.93. The van der Waals surface area contributed by atoms with Gasteiger partial charge in [0, 0.05) is 29.2 Å². The third kappa shape index (κ3) is 4.03. The van der Waals surface area contributed by atoms with E-state index in [1.165, 1.54) is 0 Å². The van der Waals surface area contributed by atoms with Crippen molar-refractivity contribution in [2.45, 2.75) is 44.4 Å². The Kier molecular flexibility index (Phi) is 5.36. The van der Waals surface area contributed by atoms with Gasteiger partial charge in [-0.15, -0.1) is 0 Å². The number of amides is 2. The average molecular weight is 391 g/mol. The lowest BCUT2D eigenvalue weighted by atomic mass is 9.92. The van der Waals surface area contributed by atoms with Gasteiger partial charge in [-0.25, -0.2) is 0 Å². The van der Waals surface area contributed by atoms with Crippen LogP contribution in [0.25, 0.3) is 10.9 Å². The van der Waals surface area contributed by atoms with Gasteiger partial charge >= 0.3 is 0 Å². The van der Waals surface area contributed by atoms with E-state index in [4.69, 9.17) is 5.73 Å². The zero-order chi connectivity index (χ0) is 20.4. The number of aromatic nitrogens is 1. The number of aliphatic hydroxyl groups excluding tert-OH is 1. The Morgan fingerprint density at radius 3 is 2.52 bits per heavy atom. The maximum absolute atomic E-state index is 13.0. The number of hydrogen-bond donors (Lipinski definition) is 3. The van der Waals surface area contributed by atoms with E-state index in [9.17, 15) is 14.7 Å². The van der Waals surface area contributed by atoms with Crippen molar-refractivity contribution in [2.75, 3.05) is 0 Å². The van der Waals surface area contributed by atoms with Gasteiger partial charge in [0.25, 0.3) is 5.91 Å². The van der Waals surface area contributed by atoms with Gasteiger partial charge in [0.1, 0.15) is 0 Å². The van der Waals surface area contributed by atoms with Crippen LogP contribution in [0, 0.1) is 0 Å². The summed E-state index contributed by atoms with van der Waals surface area (Å²) in [4.78, 5) is 24.2. The van der Waals surface area contributed by atoms with Crippen LogP contribution >= 0.6 is 0 Å². The number of rotatable bonds is 5. The number of aliphatic hydroxyl groups is 1. The van der Waals surface area contributed by atoms with Crippen molar-refractivity contribution in [3.63, 3.8) is 0 Å². The van der Waals surface area contributed by atoms with Gasteiger partial charge in [-0.2, -0.15) is 0 Å². The quantitative estimate of drug-likeness (QED) is 0.624. The summed E-state index contributed by atoms with van der Waals surface area (Å²) in [6.45, 7) is 0.568. The molecule has 2 amide bonds. The minimum Gasteiger partial charge on any atom is -0.391 e. The van der Waals surface area contributed by atoms with Crippen molar-refractivity contribution in [3.8, 4) is 0 Å². The molecule has 2 aromatic carbocycles. The summed E-state index contributed by atoms with van der Waals surface area (Å²) < 4.78 is 2.03. The molecule has 1 saturated carbocycles. The zero-order valence-corrected chi connectivity index (χ0v) is 16.2. The minimum absolute atomic E-state index is 0.157. The summed E-state index contributed by atoms with van der Waals surface area (Å²) in [5, 5.41) is 14.1. The molecule has 150 valence electrons. The fourth-order valence-corrected chi connectivity index (χ4v) is 4.06. The highest BCUT2D eigenvalue weighted by Crippen LogP contribution is 2.24. The summed E-state index contributed by atoms with van der Waals surface area (Å²) in [5.41, 5.74) is 8.35. The lowest BCUT2D eigenvalue weighted by Gasteiger charge is -2.28. The number of para-hydroxylation sites is 1. The molecule has 0 bridgehead atoms. The SMILES string of the molecule is NC(=O)c1ccc(Cn2cc(C(=O)N[C@H]3CCCC[C@@H]3O)c3ccccc32)cc1. The average Bonchev–Trinajstić information content (AvgIpc) is 3.09. The highest BCUT2D eigenvalue weighted by Gasteiger charge is 2.26. The van der Waals surface area contributed by atoms with Gasteiger partial charge in [0.15, 0.2) is 0 Å². The second-order valence-electron chi connectivity index (χ2n) is 7.68. The number of benzene rings is 2. The van der Waals surface area contributed by atoms with E-state index >= 15 is 0 Å². The highest BCUT2D eigenvalue weighted by atomic mass is 16.3. The van der Waals surface area contributed by atoms with Crippen molar-refractivity contribution < 1.29 is 14.7 Å². The van der Waals surface area contributed by atoms with Crippen LogP contribution < -0.4 is 11.1 Å². The van der Waals surface area contributed by atoms with Gasteiger partial charge in [0.05, 0.1) is 17.7 Å². The van der Waals surface area contributed by atoms with Gasteiger partial charge < -0.3 is 20.7 Å². The maximum atomic E-state index is 13.0. The van der Waals surface area contributed by atoms with Crippen molar-refractivity contribution in [1.29, 1.82) is 0 Å². The lowest BCUT2D eigenvalue weighted by Crippen LogP contribution is -2.45. The summed E-state index contributed by atoms with van der Waals surface area (Å²) >= 11 is 0. The fraction of sp³-hybridized carbons (Fsp3) is 0.304. The number of primary amides is 1. The Bertz CT molecular complexity index is 1040. The molecule has 0 unspecified atom stereocenters. The topological polar surface area (TPSA) is 97.4 Å². The first-order chi connectivity index (χ1) is 14.0. The number of fused-ring (bicyclic) bond motifs is 1. The van der Waals surface area contributed by atoms with Crippen LogP contribution in [0.5, 0.6) is 0 Å². The van der Waals surface area contributed by atoms with Gasteiger partial charge in [0.2, 0.25) is 5.91 Å². The Hall–Kier alpha value is -3.12. The van der Waals surface area contributed by atoms with E-state index in [2.05, 4.69) is 5.32 Å². The van der Waals surface area contributed by atoms with Crippen molar-refractivity contribution in [3.05, 3.63) is 71.4 Å². The lowest BCUT2D eigenvalue weighted by molar-refractivity contribution is 0.0718. The standard InChI is InChI=1S/C23H25N3O3/c24-22(28)16-11-9-15(10-12-16)13-26-14-18(17-5-1-3-7-20(17)26)23(29)25-19-6-2-4-8-21(19)27/h1,3,5,7,9-12,14,19,21,27H,2,4,6,8,13H2,(H2,24,28)(H,25,29)/t19-,21-/m0/s1. The predicted octanol–water partition coefficient (Wildman–Crippen LogP) is 2.82. The van der Waals surface area contributed by atoms with Gasteiger partial charge in [-0.3, -0.25) is 9.59 Å². The maximum Gasteiger partial charge on any atom is 0.253 e. The molecule has 1 heterocycles. The Labute approximate surface area is 169 Å². The van der Waals surface area contributed by atoms with Crippen LogP contribution in [0.3, 0.4) is 0 Å². The molecule has 0 aliphatic heterocycles. The van der Waals surface area contributed by atoms with E-state index in [1.807, 2.05) is 47.2 Å². The van der Waals surface area contributed by atoms with Crippen LogP contribution in [-0.4, -0.2) is 33.6 Å². The second-order valence-corrected chi connectivity index (χ2v) is 7.68. The van der Waals surface area contributed by atoms with E-state index in [1.54, 1.807) is 12.1 Å². The first-order valence-electron chi connectivity index (χ1n) is 9.98. The van der Waals surface area contributed by atoms with Crippen molar-refractivity contribution >= 4 is 22.7 Å². The van der Waals surface area contributed by atoms with Crippen molar-refractivity contribution in [1.82, 2.24) is 9.88 Å². The second kappa shape index (κ2) is 8.09. The van der Waals surface area contributed by atoms with Crippen LogP contribution in [-0.2, 0) is 6.54 Å². The van der Waals surface area contributed by atoms with Crippen molar-refractivity contribution in [2.24, 2.45) is 5.73 Å². The molecule has 0 radical (unpaired) electrons. The number of carbonyl (C=O) groups is 2. The van der Waals surface area contributed by atoms with Crippen LogP contribution in [0.1, 0.15) is 52.0 Å². The molecule has 29 heavy (non-hydrogen) atoms. The molecule has 1 aromatic heterocycles.